The molecule has 2 nitrogen and oxygen atoms in total. The van der Waals surface area contributed by atoms with E-state index in [1.165, 1.54) is 6.92 Å². The van der Waals surface area contributed by atoms with Crippen LogP contribution in [0.2, 0.25) is 0 Å². The van der Waals surface area contributed by atoms with Gasteiger partial charge in [0.2, 0.25) is 5.79 Å². The summed E-state index contributed by atoms with van der Waals surface area (Å²) in [6.45, 7) is 5.89. The van der Waals surface area contributed by atoms with Gasteiger partial charge in [-0.05, 0) is 6.42 Å². The third kappa shape index (κ3) is 2.51. The van der Waals surface area contributed by atoms with Crippen LogP contribution in [0.3, 0.4) is 0 Å². The minimum Gasteiger partial charge on any atom is -0.292 e. The van der Waals surface area contributed by atoms with E-state index < -0.39 is 40.7 Å². The van der Waals surface area contributed by atoms with Gasteiger partial charge in [-0.25, -0.2) is 0 Å². The average Bonchev–Trinajstić information content (AvgIpc) is 2.57. The van der Waals surface area contributed by atoms with Gasteiger partial charge in [0.25, 0.3) is 0 Å². The van der Waals surface area contributed by atoms with Crippen molar-refractivity contribution in [1.29, 1.82) is 0 Å². The number of rotatable bonds is 3. The van der Waals surface area contributed by atoms with Crippen LogP contribution in [0.15, 0.2) is 0 Å². The maximum Gasteiger partial charge on any atom is 0.458 e. The van der Waals surface area contributed by atoms with Crippen molar-refractivity contribution in [3.8, 4) is 0 Å². The second kappa shape index (κ2) is 5.18. The Morgan fingerprint density at radius 3 is 1.46 bits per heavy atom. The Hall–Kier alpha value is -0.640. The molecule has 0 bridgehead atoms. The van der Waals surface area contributed by atoms with E-state index in [1.54, 1.807) is 0 Å². The summed E-state index contributed by atoms with van der Waals surface area (Å²) >= 11 is 0. The van der Waals surface area contributed by atoms with E-state index in [-0.39, 0.29) is 6.42 Å². The summed E-state index contributed by atoms with van der Waals surface area (Å²) in [7, 11) is 0. The van der Waals surface area contributed by atoms with Gasteiger partial charge in [-0.15, -0.1) is 0 Å². The lowest BCUT2D eigenvalue weighted by Gasteiger charge is -2.49. The van der Waals surface area contributed by atoms with Gasteiger partial charge in [0.15, 0.2) is 0 Å². The van der Waals surface area contributed by atoms with E-state index in [4.69, 9.17) is 0 Å². The molecule has 2 atom stereocenters. The van der Waals surface area contributed by atoms with E-state index in [0.717, 1.165) is 34.6 Å². The Balaban J connectivity index is 3.71. The van der Waals surface area contributed by atoms with Crippen LogP contribution < -0.4 is 0 Å². The first-order valence-electron chi connectivity index (χ1n) is 7.14. The van der Waals surface area contributed by atoms with E-state index in [1.807, 2.05) is 0 Å². The Morgan fingerprint density at radius 1 is 0.792 bits per heavy atom. The van der Waals surface area contributed by atoms with Crippen molar-refractivity contribution in [3.05, 3.63) is 0 Å². The molecular weight excluding hydrogens is 352 g/mol. The fraction of sp³-hybridized carbons (Fsp3) is 1.00. The zero-order chi connectivity index (χ0) is 19.6. The fourth-order valence-electron chi connectivity index (χ4n) is 2.32. The molecule has 2 unspecified atom stereocenters. The SMILES string of the molecule is CCC(C)(C)C(F)(F)C1(C(C)(C)C)OC(F)(F)C(F)(C(F)(F)F)O1. The van der Waals surface area contributed by atoms with Crippen LogP contribution in [0, 0.1) is 10.8 Å². The van der Waals surface area contributed by atoms with Gasteiger partial charge in [0, 0.05) is 10.8 Å². The summed E-state index contributed by atoms with van der Waals surface area (Å²) in [5.74, 6) is -13.9. The Kier molecular flexibility index (Phi) is 4.62. The van der Waals surface area contributed by atoms with E-state index in [9.17, 15) is 26.3 Å². The summed E-state index contributed by atoms with van der Waals surface area (Å²) in [6, 6.07) is 0. The first kappa shape index (κ1) is 21.4. The summed E-state index contributed by atoms with van der Waals surface area (Å²) in [6.07, 6.45) is -12.2. The zero-order valence-corrected chi connectivity index (χ0v) is 14.0. The van der Waals surface area contributed by atoms with Crippen molar-refractivity contribution in [1.82, 2.24) is 0 Å². The average molecular weight is 372 g/mol. The van der Waals surface area contributed by atoms with Crippen LogP contribution in [-0.2, 0) is 9.47 Å². The maximum absolute atomic E-state index is 15.0. The lowest BCUT2D eigenvalue weighted by atomic mass is 9.70. The summed E-state index contributed by atoms with van der Waals surface area (Å²) in [5.41, 5.74) is -4.24. The van der Waals surface area contributed by atoms with E-state index in [2.05, 4.69) is 9.47 Å². The standard InChI is InChI=1S/C14H20F8O2/c1-7-9(5,6)10(15,16)12(8(2,3)4)23-11(17,13(18,19)20)14(21,22)24-12/h7H2,1-6H3. The van der Waals surface area contributed by atoms with Crippen molar-refractivity contribution in [2.75, 3.05) is 0 Å². The molecule has 0 amide bonds. The van der Waals surface area contributed by atoms with Crippen LogP contribution in [-0.4, -0.2) is 29.8 Å². The van der Waals surface area contributed by atoms with E-state index in [0.29, 0.717) is 0 Å². The fourth-order valence-corrected chi connectivity index (χ4v) is 2.32. The molecule has 1 heterocycles. The normalized spacial score (nSPS) is 32.2. The number of ether oxygens (including phenoxy) is 2. The van der Waals surface area contributed by atoms with Crippen LogP contribution in [0.4, 0.5) is 35.1 Å². The van der Waals surface area contributed by atoms with Crippen molar-refractivity contribution < 1.29 is 44.6 Å². The van der Waals surface area contributed by atoms with Gasteiger partial charge in [0.05, 0.1) is 0 Å². The number of alkyl halides is 8. The molecule has 1 rings (SSSR count). The number of hydrogen-bond donors (Lipinski definition) is 0. The van der Waals surface area contributed by atoms with Crippen molar-refractivity contribution >= 4 is 0 Å². The first-order valence-corrected chi connectivity index (χ1v) is 7.14. The smallest absolute Gasteiger partial charge is 0.292 e. The van der Waals surface area contributed by atoms with Crippen LogP contribution in [0.5, 0.6) is 0 Å². The highest BCUT2D eigenvalue weighted by atomic mass is 19.4. The molecule has 10 heteroatoms. The minimum absolute atomic E-state index is 0.318. The quantitative estimate of drug-likeness (QED) is 0.595. The predicted molar refractivity (Wildman–Crippen MR) is 68.2 cm³/mol. The number of halogens is 8. The van der Waals surface area contributed by atoms with Crippen LogP contribution in [0.25, 0.3) is 0 Å². The molecule has 1 saturated heterocycles. The molecule has 1 fully saturated rings. The van der Waals surface area contributed by atoms with E-state index >= 15 is 8.78 Å². The van der Waals surface area contributed by atoms with Crippen molar-refractivity contribution in [2.45, 2.75) is 77.8 Å². The van der Waals surface area contributed by atoms with Gasteiger partial charge >= 0.3 is 24.1 Å². The third-order valence-corrected chi connectivity index (χ3v) is 4.43. The maximum atomic E-state index is 15.0. The largest absolute Gasteiger partial charge is 0.458 e. The molecule has 24 heavy (non-hydrogen) atoms. The Labute approximate surface area is 134 Å². The van der Waals surface area contributed by atoms with Crippen LogP contribution >= 0.6 is 0 Å². The molecule has 1 aliphatic rings. The molecule has 0 aliphatic carbocycles. The van der Waals surface area contributed by atoms with Gasteiger partial charge in [0.1, 0.15) is 0 Å². The molecular formula is C14H20F8O2. The second-order valence-corrected chi connectivity index (χ2v) is 7.49. The van der Waals surface area contributed by atoms with Gasteiger partial charge < -0.3 is 0 Å². The predicted octanol–water partition coefficient (Wildman–Crippen LogP) is 5.67. The minimum atomic E-state index is -6.28. The zero-order valence-electron chi connectivity index (χ0n) is 14.0. The summed E-state index contributed by atoms with van der Waals surface area (Å²) < 4.78 is 118. The number of hydrogen-bond acceptors (Lipinski definition) is 2. The Morgan fingerprint density at radius 2 is 1.21 bits per heavy atom. The Bertz CT molecular complexity index is 494. The van der Waals surface area contributed by atoms with Gasteiger partial charge in [-0.2, -0.15) is 35.1 Å². The molecule has 0 radical (unpaired) electrons. The lowest BCUT2D eigenvalue weighted by molar-refractivity contribution is -0.411. The van der Waals surface area contributed by atoms with Gasteiger partial charge in [-0.3, -0.25) is 9.47 Å². The summed E-state index contributed by atoms with van der Waals surface area (Å²) in [5, 5.41) is 0. The van der Waals surface area contributed by atoms with Crippen molar-refractivity contribution in [2.24, 2.45) is 10.8 Å². The molecule has 0 aromatic heterocycles. The molecule has 0 aromatic carbocycles. The molecule has 0 spiro atoms. The highest BCUT2D eigenvalue weighted by molar-refractivity contribution is 5.10. The molecule has 0 aromatic rings. The highest BCUT2D eigenvalue weighted by Crippen LogP contribution is 2.66. The van der Waals surface area contributed by atoms with Crippen molar-refractivity contribution in [3.63, 3.8) is 0 Å². The molecule has 0 N–H and O–H groups in total. The second-order valence-electron chi connectivity index (χ2n) is 7.49. The van der Waals surface area contributed by atoms with Gasteiger partial charge in [-0.1, -0.05) is 41.5 Å². The lowest BCUT2D eigenvalue weighted by Crippen LogP contribution is -2.64. The topological polar surface area (TPSA) is 18.5 Å². The third-order valence-electron chi connectivity index (χ3n) is 4.43. The monoisotopic (exact) mass is 372 g/mol. The highest BCUT2D eigenvalue weighted by Gasteiger charge is 2.88. The first-order chi connectivity index (χ1) is 10.2. The van der Waals surface area contributed by atoms with Crippen LogP contribution in [0.1, 0.15) is 48.0 Å². The molecule has 144 valence electrons. The summed E-state index contributed by atoms with van der Waals surface area (Å²) in [4.78, 5) is 0. The molecule has 0 saturated carbocycles. The molecule has 1 aliphatic heterocycles.